The van der Waals surface area contributed by atoms with E-state index in [0.29, 0.717) is 6.54 Å². The highest BCUT2D eigenvalue weighted by atomic mass is 16.6. The molecule has 0 aromatic carbocycles. The molecule has 6 amide bonds. The Hall–Kier alpha value is -3.64. The molecule has 3 rings (SSSR count). The number of nitrogens with one attached hydrogen (secondary N) is 4. The van der Waals surface area contributed by atoms with Crippen molar-refractivity contribution in [3.05, 3.63) is 12.7 Å². The molecule has 3 aliphatic rings. The third-order valence-corrected chi connectivity index (χ3v) is 10.5. The van der Waals surface area contributed by atoms with Crippen molar-refractivity contribution in [1.29, 1.82) is 0 Å². The summed E-state index contributed by atoms with van der Waals surface area (Å²) in [4.78, 5) is 83.2. The van der Waals surface area contributed by atoms with Crippen molar-refractivity contribution in [3.63, 3.8) is 0 Å². The molecule has 13 heteroatoms. The van der Waals surface area contributed by atoms with Crippen LogP contribution in [0.1, 0.15) is 101 Å². The molecule has 6 atom stereocenters. The standard InChI is InChI=1S/C37H62N6O7/c1-12-19-38-31(46)28(44)24(13-2)39-30(45)27-26-23(37(26,9)10)20-43(27)32(47)29(35(3,4)5)41-33(48)40-25(22-17-15-14-16-18-22)21-42(11)34(49)50-36(6,7)8/h12,22-27,29H,1,13-21H2,2-11H3,(H,38,46)(H,39,45)(H2,40,41,48)/t23-,24?,25+,26-,27-,29+/m0/s1. The van der Waals surface area contributed by atoms with Crippen molar-refractivity contribution in [2.75, 3.05) is 26.7 Å². The van der Waals surface area contributed by atoms with Gasteiger partial charge < -0.3 is 35.8 Å². The number of fused-ring (bicyclic) bond motifs is 1. The van der Waals surface area contributed by atoms with Crippen LogP contribution in [0, 0.1) is 28.6 Å². The number of ketones is 1. The van der Waals surface area contributed by atoms with Crippen molar-refractivity contribution < 1.29 is 33.5 Å². The monoisotopic (exact) mass is 702 g/mol. The van der Waals surface area contributed by atoms with Crippen LogP contribution < -0.4 is 21.3 Å². The predicted octanol–water partition coefficient (Wildman–Crippen LogP) is 3.77. The highest BCUT2D eigenvalue weighted by molar-refractivity contribution is 6.38. The van der Waals surface area contributed by atoms with Crippen LogP contribution in [0.3, 0.4) is 0 Å². The number of urea groups is 1. The summed E-state index contributed by atoms with van der Waals surface area (Å²) >= 11 is 0. The number of piperidine rings is 1. The summed E-state index contributed by atoms with van der Waals surface area (Å²) in [5.41, 5.74) is -1.58. The van der Waals surface area contributed by atoms with E-state index in [1.165, 1.54) is 15.9 Å². The van der Waals surface area contributed by atoms with Crippen LogP contribution in [0.15, 0.2) is 12.7 Å². The zero-order valence-electron chi connectivity index (χ0n) is 31.9. The van der Waals surface area contributed by atoms with E-state index >= 15 is 0 Å². The number of hydrogen-bond donors (Lipinski definition) is 4. The Morgan fingerprint density at radius 2 is 1.60 bits per heavy atom. The summed E-state index contributed by atoms with van der Waals surface area (Å²) in [6.45, 7) is 21.0. The summed E-state index contributed by atoms with van der Waals surface area (Å²) in [5.74, 6) is -2.37. The lowest BCUT2D eigenvalue weighted by Crippen LogP contribution is -2.62. The number of Topliss-reactive ketones (excluding diaryl/α,β-unsaturated/α-hetero) is 1. The molecular formula is C37H62N6O7. The van der Waals surface area contributed by atoms with Crippen LogP contribution in [0.5, 0.6) is 0 Å². The molecule has 282 valence electrons. The van der Waals surface area contributed by atoms with Crippen LogP contribution in [0.25, 0.3) is 0 Å². The van der Waals surface area contributed by atoms with Crippen molar-refractivity contribution in [3.8, 4) is 0 Å². The Balaban J connectivity index is 1.80. The smallest absolute Gasteiger partial charge is 0.410 e. The average Bonchev–Trinajstić information content (AvgIpc) is 3.33. The summed E-state index contributed by atoms with van der Waals surface area (Å²) in [7, 11) is 1.65. The Morgan fingerprint density at radius 1 is 0.980 bits per heavy atom. The molecule has 2 saturated carbocycles. The van der Waals surface area contributed by atoms with Gasteiger partial charge in [-0.25, -0.2) is 9.59 Å². The topological polar surface area (TPSA) is 166 Å². The van der Waals surface area contributed by atoms with Crippen LogP contribution in [-0.4, -0.2) is 102 Å². The molecule has 50 heavy (non-hydrogen) atoms. The van der Waals surface area contributed by atoms with Crippen molar-refractivity contribution in [2.45, 2.75) is 131 Å². The molecule has 1 unspecified atom stereocenters. The summed E-state index contributed by atoms with van der Waals surface area (Å²) in [6, 6.07) is -3.80. The van der Waals surface area contributed by atoms with Gasteiger partial charge in [-0.15, -0.1) is 6.58 Å². The van der Waals surface area contributed by atoms with Crippen LogP contribution in [0.2, 0.25) is 0 Å². The number of likely N-dealkylation sites (N-methyl/N-ethyl adjacent to an activating group) is 1. The van der Waals surface area contributed by atoms with E-state index in [1.54, 1.807) is 34.7 Å². The van der Waals surface area contributed by atoms with E-state index in [0.717, 1.165) is 32.1 Å². The molecule has 0 aromatic rings. The minimum Gasteiger partial charge on any atom is -0.444 e. The lowest BCUT2D eigenvalue weighted by atomic mass is 9.83. The van der Waals surface area contributed by atoms with Gasteiger partial charge in [-0.2, -0.15) is 0 Å². The molecular weight excluding hydrogens is 640 g/mol. The summed E-state index contributed by atoms with van der Waals surface area (Å²) in [5, 5.41) is 11.2. The minimum atomic E-state index is -1.05. The van der Waals surface area contributed by atoms with E-state index in [4.69, 9.17) is 4.74 Å². The van der Waals surface area contributed by atoms with Gasteiger partial charge in [0.15, 0.2) is 0 Å². The second kappa shape index (κ2) is 16.1. The molecule has 1 aliphatic heterocycles. The lowest BCUT2D eigenvalue weighted by molar-refractivity contribution is -0.145. The van der Waals surface area contributed by atoms with Gasteiger partial charge in [0, 0.05) is 26.7 Å². The van der Waals surface area contributed by atoms with Crippen LogP contribution in [-0.2, 0) is 23.9 Å². The lowest BCUT2D eigenvalue weighted by Gasteiger charge is -2.39. The second-order valence-corrected chi connectivity index (χ2v) is 17.0. The highest BCUT2D eigenvalue weighted by Crippen LogP contribution is 2.65. The van der Waals surface area contributed by atoms with Gasteiger partial charge in [0.25, 0.3) is 5.91 Å². The van der Waals surface area contributed by atoms with E-state index in [2.05, 4.69) is 41.7 Å². The van der Waals surface area contributed by atoms with E-state index < -0.39 is 58.9 Å². The maximum Gasteiger partial charge on any atom is 0.410 e. The number of carbonyl (C=O) groups is 6. The first-order chi connectivity index (χ1) is 23.1. The molecule has 0 bridgehead atoms. The van der Waals surface area contributed by atoms with Gasteiger partial charge in [-0.3, -0.25) is 19.2 Å². The number of amides is 6. The first-order valence-corrected chi connectivity index (χ1v) is 18.2. The SMILES string of the molecule is C=CCNC(=O)C(=O)C(CC)NC(=O)[C@@H]1[C@@H]2[C@H](CN1C(=O)[C@@H](NC(=O)N[C@H](CN(C)C(=O)OC(C)(C)C)C1CCCCC1)C(C)(C)C)C2(C)C. The molecule has 4 N–H and O–H groups in total. The van der Waals surface area contributed by atoms with E-state index in [-0.39, 0.29) is 54.6 Å². The second-order valence-electron chi connectivity index (χ2n) is 17.0. The molecule has 1 heterocycles. The van der Waals surface area contributed by atoms with Gasteiger partial charge in [-0.1, -0.05) is 66.9 Å². The maximum atomic E-state index is 14.4. The molecule has 0 radical (unpaired) electrons. The van der Waals surface area contributed by atoms with Crippen molar-refractivity contribution in [1.82, 2.24) is 31.1 Å². The molecule has 1 saturated heterocycles. The fourth-order valence-electron chi connectivity index (χ4n) is 7.55. The minimum absolute atomic E-state index is 0.0717. The van der Waals surface area contributed by atoms with Crippen LogP contribution >= 0.6 is 0 Å². The normalized spacial score (nSPS) is 23.3. The number of carbonyl (C=O) groups excluding carboxylic acids is 6. The van der Waals surface area contributed by atoms with Crippen LogP contribution in [0.4, 0.5) is 9.59 Å². The number of likely N-dealkylation sites (tertiary alicyclic amines) is 1. The maximum absolute atomic E-state index is 14.4. The van der Waals surface area contributed by atoms with Gasteiger partial charge in [0.1, 0.15) is 17.7 Å². The van der Waals surface area contributed by atoms with Gasteiger partial charge in [-0.05, 0) is 68.6 Å². The Labute approximate surface area is 298 Å². The molecule has 13 nitrogen and oxygen atoms in total. The third kappa shape index (κ3) is 9.99. The Morgan fingerprint density at radius 3 is 2.14 bits per heavy atom. The molecule has 0 spiro atoms. The number of nitrogens with zero attached hydrogens (tertiary/aromatic N) is 2. The van der Waals surface area contributed by atoms with E-state index in [9.17, 15) is 28.8 Å². The molecule has 3 fully saturated rings. The van der Waals surface area contributed by atoms with Crippen molar-refractivity contribution in [2.24, 2.45) is 28.6 Å². The first-order valence-electron chi connectivity index (χ1n) is 18.2. The number of rotatable bonds is 13. The fourth-order valence-corrected chi connectivity index (χ4v) is 7.55. The zero-order chi connectivity index (χ0) is 37.8. The van der Waals surface area contributed by atoms with Gasteiger partial charge in [0.05, 0.1) is 12.1 Å². The Bertz CT molecular complexity index is 1300. The zero-order valence-corrected chi connectivity index (χ0v) is 31.9. The first kappa shape index (κ1) is 40.8. The van der Waals surface area contributed by atoms with E-state index in [1.807, 2.05) is 20.8 Å². The van der Waals surface area contributed by atoms with Gasteiger partial charge >= 0.3 is 12.1 Å². The number of ether oxygens (including phenoxy) is 1. The Kier molecular flexibility index (Phi) is 13.2. The van der Waals surface area contributed by atoms with Gasteiger partial charge in [0.2, 0.25) is 17.6 Å². The average molecular weight is 703 g/mol. The quantitative estimate of drug-likeness (QED) is 0.168. The predicted molar refractivity (Wildman–Crippen MR) is 191 cm³/mol. The highest BCUT2D eigenvalue weighted by Gasteiger charge is 2.70. The summed E-state index contributed by atoms with van der Waals surface area (Å²) < 4.78 is 5.55. The van der Waals surface area contributed by atoms with Crippen molar-refractivity contribution >= 4 is 35.6 Å². The largest absolute Gasteiger partial charge is 0.444 e. The molecule has 2 aliphatic carbocycles. The fraction of sp³-hybridized carbons (Fsp3) is 0.784. The number of hydrogen-bond acceptors (Lipinski definition) is 7. The summed E-state index contributed by atoms with van der Waals surface area (Å²) in [6.07, 6.45) is 6.19. The third-order valence-electron chi connectivity index (χ3n) is 10.5. The molecule has 0 aromatic heterocycles.